The largest absolute Gasteiger partial charge is 0.358 e. The van der Waals surface area contributed by atoms with Gasteiger partial charge in [-0.25, -0.2) is 0 Å². The van der Waals surface area contributed by atoms with Crippen molar-refractivity contribution in [2.75, 3.05) is 13.2 Å². The zero-order chi connectivity index (χ0) is 10.6. The summed E-state index contributed by atoms with van der Waals surface area (Å²) in [7, 11) is 1.38. The van der Waals surface area contributed by atoms with Crippen molar-refractivity contribution in [3.63, 3.8) is 0 Å². The van der Waals surface area contributed by atoms with Crippen molar-refractivity contribution in [3.8, 4) is 0 Å². The van der Waals surface area contributed by atoms with Crippen LogP contribution in [0.25, 0.3) is 0 Å². The first kappa shape index (κ1) is 18.7. The quantitative estimate of drug-likeness (QED) is 0.349. The molecule has 0 aliphatic rings. The van der Waals surface area contributed by atoms with Gasteiger partial charge >= 0.3 is 19.6 Å². The fourth-order valence-electron chi connectivity index (χ4n) is 1.17. The molecule has 0 radical (unpaired) electrons. The van der Waals surface area contributed by atoms with Gasteiger partial charge < -0.3 is 9.47 Å². The summed E-state index contributed by atoms with van der Waals surface area (Å²) < 4.78 is 12.6. The third kappa shape index (κ3) is 13.3. The molecule has 0 saturated heterocycles. The molecule has 0 aliphatic carbocycles. The molecule has 0 spiro atoms. The number of hydrogen-bond donors (Lipinski definition) is 0. The average molecular weight is 310 g/mol. The maximum Gasteiger partial charge on any atom is 0.358 e. The first-order valence-electron chi connectivity index (χ1n) is 6.08. The van der Waals surface area contributed by atoms with Gasteiger partial charge in [0.15, 0.2) is 0 Å². The third-order valence-electron chi connectivity index (χ3n) is 2.13. The molecule has 0 saturated carbocycles. The molecule has 0 aromatic carbocycles. The first-order chi connectivity index (χ1) is 6.85. The van der Waals surface area contributed by atoms with Crippen LogP contribution in [-0.2, 0) is 9.47 Å². The van der Waals surface area contributed by atoms with E-state index in [1.54, 1.807) is 0 Å². The molecular formula is C10H25BrMgO2Si. The summed E-state index contributed by atoms with van der Waals surface area (Å²) >= 11 is 0.187. The Morgan fingerprint density at radius 2 is 1.53 bits per heavy atom. The van der Waals surface area contributed by atoms with Gasteiger partial charge in [0.05, 0.1) is 0 Å². The molecule has 0 unspecified atom stereocenters. The van der Waals surface area contributed by atoms with Gasteiger partial charge in [-0.15, -0.1) is 29.4 Å². The summed E-state index contributed by atoms with van der Waals surface area (Å²) in [5.74, 6) is 0. The molecule has 0 N–H and O–H groups in total. The zero-order valence-electron chi connectivity index (χ0n) is 10.5. The maximum absolute atomic E-state index is 5.70. The average Bonchev–Trinajstić information content (AvgIpc) is 2.18. The molecule has 0 rings (SSSR count). The van der Waals surface area contributed by atoms with E-state index in [2.05, 4.69) is 13.8 Å². The Morgan fingerprint density at radius 1 is 1.07 bits per heavy atom. The lowest BCUT2D eigenvalue weighted by Crippen LogP contribution is -2.20. The van der Waals surface area contributed by atoms with E-state index in [1.165, 1.54) is 25.3 Å². The maximum atomic E-state index is 5.70. The lowest BCUT2D eigenvalue weighted by atomic mass is 10.4. The Kier molecular flexibility index (Phi) is 19.2. The molecule has 90 valence electrons. The SMILES string of the molecule is Br.CCCCOC([CH2][Mg][SiH3])OCCCC. The smallest absolute Gasteiger partial charge is 0.355 e. The fraction of sp³-hybridized carbons (Fsp3) is 1.00. The van der Waals surface area contributed by atoms with Gasteiger partial charge in [0.25, 0.3) is 0 Å². The van der Waals surface area contributed by atoms with Gasteiger partial charge in [0.2, 0.25) is 0 Å². The monoisotopic (exact) mass is 308 g/mol. The van der Waals surface area contributed by atoms with Gasteiger partial charge in [0, 0.05) is 13.2 Å². The first-order valence-corrected chi connectivity index (χ1v) is 12.7. The van der Waals surface area contributed by atoms with Gasteiger partial charge in [-0.3, -0.25) is 0 Å². The number of ether oxygens (including phenoxy) is 2. The molecule has 15 heavy (non-hydrogen) atoms. The van der Waals surface area contributed by atoms with Crippen LogP contribution in [0.1, 0.15) is 39.5 Å². The number of rotatable bonds is 10. The van der Waals surface area contributed by atoms with E-state index in [0.717, 1.165) is 26.1 Å². The third-order valence-corrected chi connectivity index (χ3v) is 4.91. The van der Waals surface area contributed by atoms with Crippen LogP contribution < -0.4 is 0 Å². The lowest BCUT2D eigenvalue weighted by Gasteiger charge is -2.18. The van der Waals surface area contributed by atoms with Crippen LogP contribution in [0.3, 0.4) is 0 Å². The predicted molar refractivity (Wildman–Crippen MR) is 76.3 cm³/mol. The van der Waals surface area contributed by atoms with Crippen LogP contribution in [0.5, 0.6) is 0 Å². The van der Waals surface area contributed by atoms with E-state index >= 15 is 0 Å². The standard InChI is InChI=1S/C10H21O2.BrH.Mg.H3Si/c1-4-6-8-11-10(3)12-9-7-5-2;;;/h10H,3-9H2,1-2H3;1H;;1H3. The Balaban J connectivity index is 0. The van der Waals surface area contributed by atoms with E-state index in [1.807, 2.05) is 0 Å². The minimum absolute atomic E-state index is 0. The van der Waals surface area contributed by atoms with E-state index in [-0.39, 0.29) is 42.9 Å². The molecular weight excluding hydrogens is 284 g/mol. The van der Waals surface area contributed by atoms with Crippen molar-refractivity contribution in [1.82, 2.24) is 0 Å². The molecule has 0 aliphatic heterocycles. The molecule has 0 fully saturated rings. The van der Waals surface area contributed by atoms with Crippen molar-refractivity contribution in [2.45, 2.75) is 50.4 Å². The number of hydrogen-bond acceptors (Lipinski definition) is 2. The topological polar surface area (TPSA) is 18.5 Å². The minimum atomic E-state index is 0. The van der Waals surface area contributed by atoms with Crippen LogP contribution in [0.15, 0.2) is 0 Å². The second-order valence-corrected chi connectivity index (χ2v) is 8.24. The molecule has 0 heterocycles. The van der Waals surface area contributed by atoms with Crippen LogP contribution in [0, 0.1) is 0 Å². The number of unbranched alkanes of at least 4 members (excludes halogenated alkanes) is 2. The van der Waals surface area contributed by atoms with Gasteiger partial charge in [-0.1, -0.05) is 26.7 Å². The molecule has 0 bridgehead atoms. The molecule has 0 atom stereocenters. The van der Waals surface area contributed by atoms with Crippen LogP contribution >= 0.6 is 17.0 Å². The Hall–Kier alpha value is 1.38. The van der Waals surface area contributed by atoms with E-state index in [4.69, 9.17) is 9.47 Å². The van der Waals surface area contributed by atoms with Crippen molar-refractivity contribution >= 4 is 44.5 Å². The van der Waals surface area contributed by atoms with Crippen LogP contribution in [-0.4, -0.2) is 47.0 Å². The van der Waals surface area contributed by atoms with Crippen molar-refractivity contribution in [2.24, 2.45) is 0 Å². The minimum Gasteiger partial charge on any atom is -0.355 e. The highest BCUT2D eigenvalue weighted by Crippen LogP contribution is 2.04. The highest BCUT2D eigenvalue weighted by atomic mass is 79.9. The highest BCUT2D eigenvalue weighted by molar-refractivity contribution is 8.93. The lowest BCUT2D eigenvalue weighted by molar-refractivity contribution is -0.131. The van der Waals surface area contributed by atoms with Gasteiger partial charge in [-0.05, 0) is 12.8 Å². The Labute approximate surface area is 117 Å². The molecule has 0 aromatic rings. The van der Waals surface area contributed by atoms with E-state index in [9.17, 15) is 0 Å². The van der Waals surface area contributed by atoms with Crippen LogP contribution in [0.4, 0.5) is 0 Å². The second-order valence-electron chi connectivity index (χ2n) is 3.67. The summed E-state index contributed by atoms with van der Waals surface area (Å²) in [5, 5.41) is 0. The van der Waals surface area contributed by atoms with E-state index < -0.39 is 0 Å². The van der Waals surface area contributed by atoms with Gasteiger partial charge in [-0.2, -0.15) is 0 Å². The molecule has 2 nitrogen and oxygen atoms in total. The summed E-state index contributed by atoms with van der Waals surface area (Å²) in [6.45, 7) is 6.14. The summed E-state index contributed by atoms with van der Waals surface area (Å²) in [4.78, 5) is 0. The number of halogens is 1. The molecule has 5 heteroatoms. The van der Waals surface area contributed by atoms with Crippen molar-refractivity contribution in [3.05, 3.63) is 0 Å². The fourth-order valence-corrected chi connectivity index (χ4v) is 3.39. The molecule has 0 aromatic heterocycles. The van der Waals surface area contributed by atoms with Crippen LogP contribution in [0.2, 0.25) is 4.55 Å². The summed E-state index contributed by atoms with van der Waals surface area (Å²) in [6, 6.07) is 0. The van der Waals surface area contributed by atoms with Gasteiger partial charge in [0.1, 0.15) is 6.29 Å². The van der Waals surface area contributed by atoms with E-state index in [0.29, 0.717) is 0 Å². The summed E-state index contributed by atoms with van der Waals surface area (Å²) in [5.41, 5.74) is 0. The highest BCUT2D eigenvalue weighted by Gasteiger charge is 2.07. The molecule has 0 amide bonds. The van der Waals surface area contributed by atoms with Crippen molar-refractivity contribution in [1.29, 1.82) is 0 Å². The second kappa shape index (κ2) is 15.4. The zero-order valence-corrected chi connectivity index (χ0v) is 15.6. The Morgan fingerprint density at radius 3 is 1.87 bits per heavy atom. The predicted octanol–water partition coefficient (Wildman–Crippen LogP) is 1.93. The normalized spacial score (nSPS) is 10.1. The Bertz CT molecular complexity index is 110. The van der Waals surface area contributed by atoms with Crippen molar-refractivity contribution < 1.29 is 9.47 Å². The summed E-state index contributed by atoms with van der Waals surface area (Å²) in [6.07, 6.45) is 4.88.